The van der Waals surface area contributed by atoms with Crippen LogP contribution in [0.4, 0.5) is 10.8 Å². The van der Waals surface area contributed by atoms with Gasteiger partial charge in [-0.25, -0.2) is 4.98 Å². The van der Waals surface area contributed by atoms with Gasteiger partial charge in [-0.1, -0.05) is 37.3 Å². The monoisotopic (exact) mass is 624 g/mol. The lowest BCUT2D eigenvalue weighted by Crippen LogP contribution is -2.57. The van der Waals surface area contributed by atoms with Gasteiger partial charge >= 0.3 is 0 Å². The van der Waals surface area contributed by atoms with Crippen molar-refractivity contribution in [2.24, 2.45) is 17.3 Å². The van der Waals surface area contributed by atoms with Gasteiger partial charge in [-0.15, -0.1) is 0 Å². The molecule has 2 saturated heterocycles. The molecule has 3 atom stereocenters. The third-order valence-electron chi connectivity index (χ3n) is 8.86. The summed E-state index contributed by atoms with van der Waals surface area (Å²) >= 11 is 1.36. The van der Waals surface area contributed by atoms with Gasteiger partial charge in [-0.2, -0.15) is 0 Å². The van der Waals surface area contributed by atoms with E-state index < -0.39 is 11.5 Å². The number of thiazole rings is 1. The van der Waals surface area contributed by atoms with Crippen LogP contribution in [-0.2, 0) is 23.9 Å². The minimum atomic E-state index is -0.640. The van der Waals surface area contributed by atoms with Crippen LogP contribution in [0.25, 0.3) is 10.2 Å². The van der Waals surface area contributed by atoms with Crippen molar-refractivity contribution in [1.82, 2.24) is 20.5 Å². The number of anilines is 2. The summed E-state index contributed by atoms with van der Waals surface area (Å²) in [5.41, 5.74) is 0.791. The van der Waals surface area contributed by atoms with E-state index in [0.29, 0.717) is 62.8 Å². The lowest BCUT2D eigenvalue weighted by molar-refractivity contribution is -0.138. The molecule has 12 heteroatoms. The molecule has 0 unspecified atom stereocenters. The van der Waals surface area contributed by atoms with Crippen molar-refractivity contribution in [2.45, 2.75) is 71.4 Å². The number of ether oxygens (including phenoxy) is 1. The third-order valence-corrected chi connectivity index (χ3v) is 9.80. The van der Waals surface area contributed by atoms with Crippen LogP contribution in [0.5, 0.6) is 0 Å². The minimum absolute atomic E-state index is 0.0409. The van der Waals surface area contributed by atoms with E-state index in [1.54, 1.807) is 6.07 Å². The van der Waals surface area contributed by atoms with Crippen molar-refractivity contribution < 1.29 is 23.9 Å². The number of piperidine rings is 1. The SMILES string of the molecule is CC(=O)Nc1ccc2nc(NC(=O)CN3CCC4(C/C=C\C[C@@H]5COCC[C@@H]5NC(=O)[C@@H](CC(C)C)NC4=O)CC3)sc2c1. The van der Waals surface area contributed by atoms with Crippen LogP contribution in [0.3, 0.4) is 0 Å². The van der Waals surface area contributed by atoms with Gasteiger partial charge in [0.25, 0.3) is 0 Å². The standard InChI is InChI=1S/C32H44N6O5S/c1-20(2)16-26-29(41)34-24-9-15-43-19-22(24)6-4-5-10-32(30(42)35-26)11-13-38(14-12-32)18-28(40)37-31-36-25-8-7-23(33-21(3)39)17-27(25)44-31/h4-5,7-8,17,20,22,24,26H,6,9-16,18-19H2,1-3H3,(H,33,39)(H,34,41)(H,35,42)(H,36,37,40)/b5-4-/t22-,24+,26-/m1/s1. The van der Waals surface area contributed by atoms with Crippen molar-refractivity contribution in [3.8, 4) is 0 Å². The second kappa shape index (κ2) is 14.2. The van der Waals surface area contributed by atoms with E-state index >= 15 is 0 Å². The molecule has 4 heterocycles. The first-order chi connectivity index (χ1) is 21.1. The highest BCUT2D eigenvalue weighted by Gasteiger charge is 2.42. The van der Waals surface area contributed by atoms with Crippen LogP contribution < -0.4 is 21.3 Å². The molecule has 44 heavy (non-hydrogen) atoms. The maximum absolute atomic E-state index is 13.9. The van der Waals surface area contributed by atoms with Crippen molar-refractivity contribution in [3.05, 3.63) is 30.4 Å². The summed E-state index contributed by atoms with van der Waals surface area (Å²) in [5, 5.41) is 12.5. The van der Waals surface area contributed by atoms with Crippen LogP contribution in [0.1, 0.15) is 59.3 Å². The largest absolute Gasteiger partial charge is 0.381 e. The number of benzene rings is 1. The first-order valence-electron chi connectivity index (χ1n) is 15.6. The Morgan fingerprint density at radius 2 is 1.95 bits per heavy atom. The molecule has 0 bridgehead atoms. The molecule has 3 aliphatic heterocycles. The van der Waals surface area contributed by atoms with E-state index in [1.807, 2.05) is 12.1 Å². The highest BCUT2D eigenvalue weighted by atomic mass is 32.1. The zero-order valence-corrected chi connectivity index (χ0v) is 26.6. The second-order valence-electron chi connectivity index (χ2n) is 12.8. The van der Waals surface area contributed by atoms with Crippen molar-refractivity contribution in [2.75, 3.05) is 43.5 Å². The summed E-state index contributed by atoms with van der Waals surface area (Å²) in [6, 6.07) is 4.89. The van der Waals surface area contributed by atoms with Crippen molar-refractivity contribution in [1.29, 1.82) is 0 Å². The molecule has 5 rings (SSSR count). The number of carbonyl (C=O) groups is 4. The number of allylic oxidation sites excluding steroid dienone is 2. The van der Waals surface area contributed by atoms with E-state index in [2.05, 4.69) is 57.2 Å². The molecular formula is C32H44N6O5S. The van der Waals surface area contributed by atoms with Crippen LogP contribution in [-0.4, -0.2) is 78.4 Å². The van der Waals surface area contributed by atoms with E-state index in [9.17, 15) is 19.2 Å². The number of fused-ring (bicyclic) bond motifs is 2. The quantitative estimate of drug-likeness (QED) is 0.360. The van der Waals surface area contributed by atoms with Gasteiger partial charge in [0.1, 0.15) is 6.04 Å². The third kappa shape index (κ3) is 8.02. The summed E-state index contributed by atoms with van der Waals surface area (Å²) < 4.78 is 6.58. The predicted octanol–water partition coefficient (Wildman–Crippen LogP) is 3.68. The summed E-state index contributed by atoms with van der Waals surface area (Å²) in [5.74, 6) is -0.0458. The zero-order valence-electron chi connectivity index (χ0n) is 25.8. The average Bonchev–Trinajstić information content (AvgIpc) is 3.36. The molecule has 238 valence electrons. The highest BCUT2D eigenvalue weighted by Crippen LogP contribution is 2.37. The molecule has 0 aliphatic carbocycles. The molecule has 0 saturated carbocycles. The number of hydrogen-bond acceptors (Lipinski definition) is 8. The van der Waals surface area contributed by atoms with Crippen LogP contribution in [0.15, 0.2) is 30.4 Å². The Bertz CT molecular complexity index is 1400. The molecule has 11 nitrogen and oxygen atoms in total. The Kier molecular flexibility index (Phi) is 10.3. The molecule has 1 aromatic heterocycles. The van der Waals surface area contributed by atoms with E-state index in [1.165, 1.54) is 18.3 Å². The van der Waals surface area contributed by atoms with Crippen molar-refractivity contribution >= 4 is 56.0 Å². The molecule has 4 N–H and O–H groups in total. The lowest BCUT2D eigenvalue weighted by Gasteiger charge is -2.41. The number of likely N-dealkylation sites (tertiary alicyclic amines) is 1. The van der Waals surface area contributed by atoms with E-state index in [0.717, 1.165) is 23.1 Å². The second-order valence-corrected chi connectivity index (χ2v) is 13.8. The van der Waals surface area contributed by atoms with Gasteiger partial charge in [0.05, 0.1) is 28.8 Å². The average molecular weight is 625 g/mol. The number of amides is 4. The molecule has 2 fully saturated rings. The van der Waals surface area contributed by atoms with Gasteiger partial charge in [-0.05, 0) is 75.7 Å². The van der Waals surface area contributed by atoms with Gasteiger partial charge in [0.2, 0.25) is 23.6 Å². The van der Waals surface area contributed by atoms with Gasteiger partial charge in [0, 0.05) is 31.2 Å². The predicted molar refractivity (Wildman–Crippen MR) is 171 cm³/mol. The first-order valence-corrected chi connectivity index (χ1v) is 16.5. The smallest absolute Gasteiger partial charge is 0.242 e. The Balaban J connectivity index is 1.22. The Hall–Kier alpha value is -3.35. The number of aromatic nitrogens is 1. The summed E-state index contributed by atoms with van der Waals surface area (Å²) in [6.07, 6.45) is 8.19. The normalized spacial score (nSPS) is 25.3. The summed E-state index contributed by atoms with van der Waals surface area (Å²) in [4.78, 5) is 58.2. The van der Waals surface area contributed by atoms with Gasteiger partial charge in [0.15, 0.2) is 5.13 Å². The number of rotatable bonds is 6. The lowest BCUT2D eigenvalue weighted by atomic mass is 9.74. The maximum atomic E-state index is 13.9. The molecule has 0 radical (unpaired) electrons. The first kappa shape index (κ1) is 32.1. The highest BCUT2D eigenvalue weighted by molar-refractivity contribution is 7.22. The zero-order chi connectivity index (χ0) is 31.3. The molecule has 1 spiro atoms. The van der Waals surface area contributed by atoms with Crippen LogP contribution >= 0.6 is 11.3 Å². The number of nitrogens with one attached hydrogen (secondary N) is 4. The number of carbonyl (C=O) groups excluding carboxylic acids is 4. The molecule has 1 aromatic carbocycles. The fourth-order valence-corrected chi connectivity index (χ4v) is 7.30. The topological polar surface area (TPSA) is 142 Å². The maximum Gasteiger partial charge on any atom is 0.242 e. The molecular weight excluding hydrogens is 580 g/mol. The minimum Gasteiger partial charge on any atom is -0.381 e. The van der Waals surface area contributed by atoms with Crippen LogP contribution in [0, 0.1) is 17.3 Å². The fraction of sp³-hybridized carbons (Fsp3) is 0.594. The van der Waals surface area contributed by atoms with E-state index in [-0.39, 0.29) is 48.1 Å². The summed E-state index contributed by atoms with van der Waals surface area (Å²) in [6.45, 7) is 8.21. The number of nitrogens with zero attached hydrogens (tertiary/aromatic N) is 2. The van der Waals surface area contributed by atoms with Crippen LogP contribution in [0.2, 0.25) is 0 Å². The van der Waals surface area contributed by atoms with Gasteiger partial charge in [-0.3, -0.25) is 24.1 Å². The summed E-state index contributed by atoms with van der Waals surface area (Å²) in [7, 11) is 0. The van der Waals surface area contributed by atoms with Crippen molar-refractivity contribution in [3.63, 3.8) is 0 Å². The van der Waals surface area contributed by atoms with E-state index in [4.69, 9.17) is 4.74 Å². The van der Waals surface area contributed by atoms with Gasteiger partial charge < -0.3 is 26.0 Å². The number of hydrogen-bond donors (Lipinski definition) is 4. The Labute approximate surface area is 262 Å². The Morgan fingerprint density at radius 1 is 1.16 bits per heavy atom. The Morgan fingerprint density at radius 3 is 2.70 bits per heavy atom. The molecule has 3 aliphatic rings. The fourth-order valence-electron chi connectivity index (χ4n) is 6.38. The molecule has 4 amide bonds. The molecule has 2 aromatic rings.